The van der Waals surface area contributed by atoms with E-state index in [-0.39, 0.29) is 12.2 Å². The minimum Gasteiger partial charge on any atom is -0.390 e. The number of hydrogen-bond acceptors (Lipinski definition) is 6. The number of aliphatic hydroxyl groups is 1. The number of ether oxygens (including phenoxy) is 1. The van der Waals surface area contributed by atoms with Crippen LogP contribution in [0.25, 0.3) is 0 Å². The number of fused-ring (bicyclic) bond motifs is 2. The lowest BCUT2D eigenvalue weighted by molar-refractivity contribution is -0.113. The number of halogens is 1. The lowest BCUT2D eigenvalue weighted by Gasteiger charge is -2.48. The molecule has 1 spiro atoms. The van der Waals surface area contributed by atoms with Crippen molar-refractivity contribution in [3.8, 4) is 0 Å². The molecule has 2 aliphatic rings. The summed E-state index contributed by atoms with van der Waals surface area (Å²) in [6.45, 7) is 5.27. The third-order valence-electron chi connectivity index (χ3n) is 6.70. The second-order valence-corrected chi connectivity index (χ2v) is 9.33. The summed E-state index contributed by atoms with van der Waals surface area (Å²) in [4.78, 5) is 6.58. The van der Waals surface area contributed by atoms with E-state index in [0.717, 1.165) is 55.2 Å². The largest absolute Gasteiger partial charge is 0.390 e. The fraction of sp³-hybridized carbons (Fsp3) is 0.458. The van der Waals surface area contributed by atoms with Crippen molar-refractivity contribution in [1.82, 2.24) is 24.9 Å². The second-order valence-electron chi connectivity index (χ2n) is 8.89. The molecule has 0 aliphatic carbocycles. The number of aliphatic hydroxyl groups excluding tert-OH is 1. The van der Waals surface area contributed by atoms with Gasteiger partial charge >= 0.3 is 0 Å². The van der Waals surface area contributed by atoms with E-state index in [1.807, 2.05) is 29.1 Å². The second kappa shape index (κ2) is 8.90. The summed E-state index contributed by atoms with van der Waals surface area (Å²) in [6.07, 6.45) is 6.55. The van der Waals surface area contributed by atoms with E-state index < -0.39 is 0 Å². The first-order valence-electron chi connectivity index (χ1n) is 11.2. The van der Waals surface area contributed by atoms with E-state index in [0.29, 0.717) is 18.3 Å². The van der Waals surface area contributed by atoms with Gasteiger partial charge in [0.1, 0.15) is 0 Å². The van der Waals surface area contributed by atoms with Crippen molar-refractivity contribution in [2.75, 3.05) is 13.2 Å². The van der Waals surface area contributed by atoms with Gasteiger partial charge in [-0.15, -0.1) is 5.10 Å². The third-order valence-corrected chi connectivity index (χ3v) is 6.94. The van der Waals surface area contributed by atoms with Gasteiger partial charge in [0.15, 0.2) is 0 Å². The first-order chi connectivity index (χ1) is 15.5. The summed E-state index contributed by atoms with van der Waals surface area (Å²) >= 11 is 6.33. The Balaban J connectivity index is 1.26. The average Bonchev–Trinajstić information content (AvgIpc) is 3.23. The molecule has 2 atom stereocenters. The zero-order valence-electron chi connectivity index (χ0n) is 18.2. The van der Waals surface area contributed by atoms with Gasteiger partial charge in [-0.3, -0.25) is 9.88 Å². The van der Waals surface area contributed by atoms with Crippen molar-refractivity contribution in [2.24, 2.45) is 0 Å². The summed E-state index contributed by atoms with van der Waals surface area (Å²) < 4.78 is 8.24. The Kier molecular flexibility index (Phi) is 5.99. The summed E-state index contributed by atoms with van der Waals surface area (Å²) in [5.41, 5.74) is 5.06. The van der Waals surface area contributed by atoms with Gasteiger partial charge in [0, 0.05) is 30.4 Å². The van der Waals surface area contributed by atoms with Crippen molar-refractivity contribution >= 4 is 11.6 Å². The molecule has 0 radical (unpaired) electrons. The monoisotopic (exact) mass is 453 g/mol. The molecule has 5 rings (SSSR count). The average molecular weight is 454 g/mol. The van der Waals surface area contributed by atoms with Crippen LogP contribution in [0.3, 0.4) is 0 Å². The van der Waals surface area contributed by atoms with Crippen LogP contribution in [0.15, 0.2) is 42.7 Å². The topological polar surface area (TPSA) is 76.3 Å². The van der Waals surface area contributed by atoms with Crippen molar-refractivity contribution in [3.63, 3.8) is 0 Å². The maximum absolute atomic E-state index is 9.28. The normalized spacial score (nSPS) is 23.4. The molecule has 1 saturated heterocycles. The first kappa shape index (κ1) is 21.5. The highest BCUT2D eigenvalue weighted by Gasteiger charge is 2.43. The zero-order valence-corrected chi connectivity index (χ0v) is 19.0. The molecule has 32 heavy (non-hydrogen) atoms. The van der Waals surface area contributed by atoms with Gasteiger partial charge in [0.25, 0.3) is 0 Å². The molecule has 1 unspecified atom stereocenters. The van der Waals surface area contributed by atoms with Crippen molar-refractivity contribution in [1.29, 1.82) is 0 Å². The van der Waals surface area contributed by atoms with E-state index in [2.05, 4.69) is 39.3 Å². The molecule has 1 N–H and O–H groups in total. The predicted molar refractivity (Wildman–Crippen MR) is 121 cm³/mol. The zero-order chi connectivity index (χ0) is 22.1. The Hall–Kier alpha value is -2.32. The SMILES string of the molecule is C[C@H]1CC2(CCN1Cc1cn(Cc3ccnc(CO)c3)nn1)OCCc1ccc(Cl)cc12. The number of nitrogens with zero attached hydrogens (tertiary/aromatic N) is 5. The molecule has 1 aromatic carbocycles. The number of aromatic nitrogens is 4. The smallest absolute Gasteiger partial charge is 0.0967 e. The van der Waals surface area contributed by atoms with Crippen molar-refractivity contribution < 1.29 is 9.84 Å². The molecule has 0 amide bonds. The lowest BCUT2D eigenvalue weighted by Crippen LogP contribution is -2.50. The van der Waals surface area contributed by atoms with Gasteiger partial charge in [-0.05, 0) is 67.1 Å². The van der Waals surface area contributed by atoms with Crippen LogP contribution in [0, 0.1) is 0 Å². The number of benzene rings is 1. The van der Waals surface area contributed by atoms with E-state index in [1.165, 1.54) is 11.1 Å². The highest BCUT2D eigenvalue weighted by Crippen LogP contribution is 2.44. The number of rotatable bonds is 5. The summed E-state index contributed by atoms with van der Waals surface area (Å²) in [7, 11) is 0. The van der Waals surface area contributed by atoms with Crippen LogP contribution in [0.2, 0.25) is 5.02 Å². The third kappa shape index (κ3) is 4.30. The summed E-state index contributed by atoms with van der Waals surface area (Å²) in [5, 5.41) is 18.7. The molecule has 3 aromatic rings. The van der Waals surface area contributed by atoms with Crippen molar-refractivity contribution in [2.45, 2.75) is 57.5 Å². The van der Waals surface area contributed by atoms with E-state index in [4.69, 9.17) is 16.3 Å². The molecule has 2 aliphatic heterocycles. The molecule has 168 valence electrons. The Labute approximate surface area is 193 Å². The Morgan fingerprint density at radius 2 is 2.12 bits per heavy atom. The molecular formula is C24H28ClN5O2. The van der Waals surface area contributed by atoms with E-state index in [9.17, 15) is 5.11 Å². The fourth-order valence-corrected chi connectivity index (χ4v) is 5.26. The Morgan fingerprint density at radius 3 is 2.97 bits per heavy atom. The minimum absolute atomic E-state index is 0.0643. The van der Waals surface area contributed by atoms with Crippen LogP contribution in [0.4, 0.5) is 0 Å². The number of likely N-dealkylation sites (tertiary alicyclic amines) is 1. The molecule has 1 fully saturated rings. The quantitative estimate of drug-likeness (QED) is 0.638. The van der Waals surface area contributed by atoms with Gasteiger partial charge in [-0.25, -0.2) is 4.68 Å². The maximum Gasteiger partial charge on any atom is 0.0967 e. The molecule has 2 aromatic heterocycles. The van der Waals surface area contributed by atoms with Gasteiger partial charge in [0.05, 0.1) is 42.9 Å². The molecule has 0 bridgehead atoms. The van der Waals surface area contributed by atoms with Crippen LogP contribution in [-0.2, 0) is 36.5 Å². The van der Waals surface area contributed by atoms with Gasteiger partial charge < -0.3 is 9.84 Å². The van der Waals surface area contributed by atoms with Crippen LogP contribution in [0.1, 0.15) is 47.8 Å². The number of hydrogen-bond donors (Lipinski definition) is 1. The Morgan fingerprint density at radius 1 is 1.22 bits per heavy atom. The van der Waals surface area contributed by atoms with Crippen LogP contribution in [-0.4, -0.2) is 49.2 Å². The first-order valence-corrected chi connectivity index (χ1v) is 11.5. The van der Waals surface area contributed by atoms with E-state index >= 15 is 0 Å². The fourth-order valence-electron chi connectivity index (χ4n) is 5.08. The Bertz CT molecular complexity index is 1100. The van der Waals surface area contributed by atoms with Crippen LogP contribution >= 0.6 is 11.6 Å². The number of pyridine rings is 1. The van der Waals surface area contributed by atoms with Gasteiger partial charge in [0.2, 0.25) is 0 Å². The van der Waals surface area contributed by atoms with Gasteiger partial charge in [-0.2, -0.15) is 0 Å². The number of piperidine rings is 1. The van der Waals surface area contributed by atoms with Gasteiger partial charge in [-0.1, -0.05) is 22.9 Å². The summed E-state index contributed by atoms with van der Waals surface area (Å²) in [5.74, 6) is 0. The molecular weight excluding hydrogens is 426 g/mol. The van der Waals surface area contributed by atoms with E-state index in [1.54, 1.807) is 6.20 Å². The lowest BCUT2D eigenvalue weighted by atomic mass is 9.77. The standard InChI is InChI=1S/C24H28ClN5O2/c1-17-12-24(23-11-20(25)3-2-19(23)5-9-32-24)6-8-29(17)14-22-15-30(28-27-22)13-18-4-7-26-21(10-18)16-31/h2-4,7,10-11,15,17,31H,5-6,8-9,12-14,16H2,1H3/t17-,24?/m0/s1. The van der Waals surface area contributed by atoms with Crippen LogP contribution in [0.5, 0.6) is 0 Å². The molecule has 4 heterocycles. The minimum atomic E-state index is -0.238. The highest BCUT2D eigenvalue weighted by atomic mass is 35.5. The molecule has 8 heteroatoms. The molecule has 7 nitrogen and oxygen atoms in total. The molecule has 0 saturated carbocycles. The van der Waals surface area contributed by atoms with Crippen LogP contribution < -0.4 is 0 Å². The maximum atomic E-state index is 9.28. The highest BCUT2D eigenvalue weighted by molar-refractivity contribution is 6.30. The predicted octanol–water partition coefficient (Wildman–Crippen LogP) is 3.32. The van der Waals surface area contributed by atoms with Crippen molar-refractivity contribution in [3.05, 3.63) is 75.8 Å². The summed E-state index contributed by atoms with van der Waals surface area (Å²) in [6, 6.07) is 10.4.